The predicted molar refractivity (Wildman–Crippen MR) is 110 cm³/mol. The molecule has 1 atom stereocenters. The fraction of sp³-hybridized carbons (Fsp3) is 0.273. The van der Waals surface area contributed by atoms with Gasteiger partial charge in [-0.15, -0.1) is 0 Å². The molecule has 1 heterocycles. The summed E-state index contributed by atoms with van der Waals surface area (Å²) < 4.78 is 4.94. The molecule has 2 aromatic carbocycles. The number of hydrogen-bond donors (Lipinski definition) is 2. The van der Waals surface area contributed by atoms with Gasteiger partial charge in [-0.1, -0.05) is 36.4 Å². The highest BCUT2D eigenvalue weighted by molar-refractivity contribution is 6.09. The van der Waals surface area contributed by atoms with Crippen LogP contribution < -0.4 is 10.6 Å². The maximum atomic E-state index is 12.8. The number of nitrogens with zero attached hydrogens (tertiary/aromatic N) is 1. The second-order valence-corrected chi connectivity index (χ2v) is 7.32. The monoisotopic (exact) mass is 409 g/mol. The van der Waals surface area contributed by atoms with Crippen LogP contribution in [0.15, 0.2) is 48.5 Å². The smallest absolute Gasteiger partial charge is 0.326 e. The van der Waals surface area contributed by atoms with Crippen LogP contribution in [0, 0.1) is 13.8 Å². The number of aryl methyl sites for hydroxylation is 2. The molecule has 4 amide bonds. The highest BCUT2D eigenvalue weighted by Crippen LogP contribution is 2.28. The van der Waals surface area contributed by atoms with Crippen LogP contribution in [-0.4, -0.2) is 41.9 Å². The standard InChI is InChI=1S/C22H23N3O5/c1-14-9-10-17(11-15(14)2)23-18(26)13-30-19(27)12-25-20(28)22(3,24-21(25)29)16-7-5-4-6-8-16/h4-11H,12-13H2,1-3H3,(H,23,26)(H,24,29)/t22-/m0/s1. The summed E-state index contributed by atoms with van der Waals surface area (Å²) in [5.74, 6) is -1.93. The second kappa shape index (κ2) is 8.36. The Morgan fingerprint density at radius 3 is 2.43 bits per heavy atom. The average molecular weight is 409 g/mol. The maximum Gasteiger partial charge on any atom is 0.326 e. The van der Waals surface area contributed by atoms with Crippen LogP contribution in [0.1, 0.15) is 23.6 Å². The van der Waals surface area contributed by atoms with Crippen LogP contribution >= 0.6 is 0 Å². The molecule has 0 aromatic heterocycles. The predicted octanol–water partition coefficient (Wildman–Crippen LogP) is 2.25. The number of rotatable bonds is 6. The van der Waals surface area contributed by atoms with Crippen molar-refractivity contribution in [1.29, 1.82) is 0 Å². The number of carbonyl (C=O) groups excluding carboxylic acids is 4. The van der Waals surface area contributed by atoms with Gasteiger partial charge in [-0.05, 0) is 49.6 Å². The van der Waals surface area contributed by atoms with E-state index in [2.05, 4.69) is 10.6 Å². The number of ether oxygens (including phenoxy) is 1. The third-order valence-corrected chi connectivity index (χ3v) is 5.07. The molecule has 8 heteroatoms. The minimum Gasteiger partial charge on any atom is -0.454 e. The summed E-state index contributed by atoms with van der Waals surface area (Å²) in [5.41, 5.74) is 2.04. The molecule has 1 saturated heterocycles. The van der Waals surface area contributed by atoms with E-state index in [1.54, 1.807) is 43.3 Å². The van der Waals surface area contributed by atoms with E-state index in [4.69, 9.17) is 4.74 Å². The van der Waals surface area contributed by atoms with Gasteiger partial charge in [0.05, 0.1) is 0 Å². The van der Waals surface area contributed by atoms with E-state index in [0.29, 0.717) is 11.3 Å². The normalized spacial score (nSPS) is 18.2. The van der Waals surface area contributed by atoms with Crippen LogP contribution in [0.2, 0.25) is 0 Å². The Labute approximate surface area is 174 Å². The second-order valence-electron chi connectivity index (χ2n) is 7.32. The molecule has 0 saturated carbocycles. The number of nitrogens with one attached hydrogen (secondary N) is 2. The lowest BCUT2D eigenvalue weighted by Gasteiger charge is -2.21. The van der Waals surface area contributed by atoms with Gasteiger partial charge in [-0.3, -0.25) is 19.3 Å². The summed E-state index contributed by atoms with van der Waals surface area (Å²) in [4.78, 5) is 49.9. The van der Waals surface area contributed by atoms with E-state index in [9.17, 15) is 19.2 Å². The lowest BCUT2D eigenvalue weighted by Crippen LogP contribution is -2.41. The van der Waals surface area contributed by atoms with Crippen molar-refractivity contribution in [3.63, 3.8) is 0 Å². The Morgan fingerprint density at radius 2 is 1.77 bits per heavy atom. The first-order valence-corrected chi connectivity index (χ1v) is 9.43. The Hall–Kier alpha value is -3.68. The molecule has 156 valence electrons. The number of urea groups is 1. The summed E-state index contributed by atoms with van der Waals surface area (Å²) in [6, 6.07) is 13.5. The van der Waals surface area contributed by atoms with E-state index in [1.807, 2.05) is 26.0 Å². The molecule has 1 aliphatic heterocycles. The van der Waals surface area contributed by atoms with Crippen molar-refractivity contribution in [3.05, 3.63) is 65.2 Å². The topological polar surface area (TPSA) is 105 Å². The first kappa shape index (κ1) is 21.0. The number of carbonyl (C=O) groups is 4. The molecule has 0 spiro atoms. The number of anilines is 1. The molecule has 2 N–H and O–H groups in total. The number of esters is 1. The lowest BCUT2D eigenvalue weighted by atomic mass is 9.92. The fourth-order valence-corrected chi connectivity index (χ4v) is 3.14. The van der Waals surface area contributed by atoms with Crippen molar-refractivity contribution in [2.45, 2.75) is 26.3 Å². The van der Waals surface area contributed by atoms with Crippen LogP contribution in [0.4, 0.5) is 10.5 Å². The minimum atomic E-state index is -1.26. The summed E-state index contributed by atoms with van der Waals surface area (Å²) in [6.45, 7) is 4.36. The molecule has 0 aliphatic carbocycles. The summed E-state index contributed by atoms with van der Waals surface area (Å²) in [7, 11) is 0. The van der Waals surface area contributed by atoms with Gasteiger partial charge in [-0.2, -0.15) is 0 Å². The first-order chi connectivity index (χ1) is 14.2. The maximum absolute atomic E-state index is 12.8. The quantitative estimate of drug-likeness (QED) is 0.562. The Morgan fingerprint density at radius 1 is 1.07 bits per heavy atom. The molecule has 3 rings (SSSR count). The van der Waals surface area contributed by atoms with Gasteiger partial charge in [0.25, 0.3) is 11.8 Å². The highest BCUT2D eigenvalue weighted by atomic mass is 16.5. The zero-order valence-corrected chi connectivity index (χ0v) is 17.0. The van der Waals surface area contributed by atoms with E-state index in [1.165, 1.54) is 0 Å². The zero-order valence-electron chi connectivity index (χ0n) is 17.0. The van der Waals surface area contributed by atoms with Crippen LogP contribution in [0.3, 0.4) is 0 Å². The third kappa shape index (κ3) is 4.32. The molecule has 0 unspecified atom stereocenters. The SMILES string of the molecule is Cc1ccc(NC(=O)COC(=O)CN2C(=O)N[C@@](C)(c3ccccc3)C2=O)cc1C. The van der Waals surface area contributed by atoms with Gasteiger partial charge < -0.3 is 15.4 Å². The Bertz CT molecular complexity index is 1010. The van der Waals surface area contributed by atoms with Crippen LogP contribution in [-0.2, 0) is 24.7 Å². The molecule has 1 fully saturated rings. The number of benzene rings is 2. The van der Waals surface area contributed by atoms with Crippen molar-refractivity contribution in [2.24, 2.45) is 0 Å². The molecule has 2 aromatic rings. The van der Waals surface area contributed by atoms with E-state index < -0.39 is 42.5 Å². The Balaban J connectivity index is 1.55. The van der Waals surface area contributed by atoms with E-state index in [0.717, 1.165) is 16.0 Å². The first-order valence-electron chi connectivity index (χ1n) is 9.43. The van der Waals surface area contributed by atoms with Gasteiger partial charge in [0, 0.05) is 5.69 Å². The molecule has 8 nitrogen and oxygen atoms in total. The number of hydrogen-bond acceptors (Lipinski definition) is 5. The summed E-state index contributed by atoms with van der Waals surface area (Å²) in [6.07, 6.45) is 0. The summed E-state index contributed by atoms with van der Waals surface area (Å²) in [5, 5.41) is 5.24. The zero-order chi connectivity index (χ0) is 21.9. The van der Waals surface area contributed by atoms with Crippen LogP contribution in [0.25, 0.3) is 0 Å². The molecular formula is C22H23N3O5. The van der Waals surface area contributed by atoms with Gasteiger partial charge in [0.2, 0.25) is 0 Å². The summed E-state index contributed by atoms with van der Waals surface area (Å²) >= 11 is 0. The van der Waals surface area contributed by atoms with Gasteiger partial charge in [0.1, 0.15) is 12.1 Å². The van der Waals surface area contributed by atoms with Crippen molar-refractivity contribution < 1.29 is 23.9 Å². The van der Waals surface area contributed by atoms with Crippen LogP contribution in [0.5, 0.6) is 0 Å². The number of imide groups is 1. The molecule has 0 radical (unpaired) electrons. The van der Waals surface area contributed by atoms with Gasteiger partial charge >= 0.3 is 12.0 Å². The van der Waals surface area contributed by atoms with E-state index in [-0.39, 0.29) is 0 Å². The van der Waals surface area contributed by atoms with Gasteiger partial charge in [0.15, 0.2) is 6.61 Å². The molecule has 0 bridgehead atoms. The molecule has 30 heavy (non-hydrogen) atoms. The van der Waals surface area contributed by atoms with E-state index >= 15 is 0 Å². The Kier molecular flexibility index (Phi) is 5.86. The fourth-order valence-electron chi connectivity index (χ4n) is 3.14. The largest absolute Gasteiger partial charge is 0.454 e. The average Bonchev–Trinajstić information content (AvgIpc) is 2.94. The minimum absolute atomic E-state index is 0.516. The molecule has 1 aliphatic rings. The van der Waals surface area contributed by atoms with Crippen molar-refractivity contribution in [3.8, 4) is 0 Å². The lowest BCUT2D eigenvalue weighted by molar-refractivity contribution is -0.150. The van der Waals surface area contributed by atoms with Crippen molar-refractivity contribution in [1.82, 2.24) is 10.2 Å². The highest BCUT2D eigenvalue weighted by Gasteiger charge is 2.49. The van der Waals surface area contributed by atoms with Crippen molar-refractivity contribution >= 4 is 29.5 Å². The molecular weight excluding hydrogens is 386 g/mol. The number of amides is 4. The van der Waals surface area contributed by atoms with Gasteiger partial charge in [-0.25, -0.2) is 4.79 Å². The third-order valence-electron chi connectivity index (χ3n) is 5.07. The van der Waals surface area contributed by atoms with Crippen molar-refractivity contribution in [2.75, 3.05) is 18.5 Å².